The van der Waals surface area contributed by atoms with Gasteiger partial charge in [-0.15, -0.1) is 11.3 Å². The van der Waals surface area contributed by atoms with Gasteiger partial charge in [-0.2, -0.15) is 0 Å². The number of rotatable bonds is 9. The van der Waals surface area contributed by atoms with Crippen LogP contribution in [0.5, 0.6) is 0 Å². The number of nitrogens with zero attached hydrogens (tertiary/aromatic N) is 1. The highest BCUT2D eigenvalue weighted by atomic mass is 32.1. The van der Waals surface area contributed by atoms with Crippen molar-refractivity contribution in [3.8, 4) is 66.8 Å². The highest BCUT2D eigenvalue weighted by Crippen LogP contribution is 2.49. The smallest absolute Gasteiger partial charge is 0.0555 e. The molecule has 1 heterocycles. The molecule has 0 spiro atoms. The van der Waals surface area contributed by atoms with Gasteiger partial charge in [0.15, 0.2) is 0 Å². The maximum absolute atomic E-state index is 2.45. The summed E-state index contributed by atoms with van der Waals surface area (Å²) in [5.41, 5.74) is 17.8. The van der Waals surface area contributed by atoms with Gasteiger partial charge in [-0.05, 0) is 126 Å². The van der Waals surface area contributed by atoms with Crippen molar-refractivity contribution in [3.05, 3.63) is 261 Å². The van der Waals surface area contributed by atoms with Gasteiger partial charge in [0.05, 0.1) is 5.69 Å². The van der Waals surface area contributed by atoms with Crippen LogP contribution in [0.25, 0.3) is 97.7 Å². The number of benzene rings is 11. The van der Waals surface area contributed by atoms with E-state index in [0.29, 0.717) is 0 Å². The highest BCUT2D eigenvalue weighted by Gasteiger charge is 2.22. The van der Waals surface area contributed by atoms with Crippen LogP contribution in [-0.2, 0) is 0 Å². The van der Waals surface area contributed by atoms with Gasteiger partial charge in [0, 0.05) is 31.5 Å². The van der Waals surface area contributed by atoms with E-state index in [1.807, 2.05) is 11.3 Å². The molecule has 1 aromatic heterocycles. The van der Waals surface area contributed by atoms with E-state index in [9.17, 15) is 0 Å². The molecule has 0 fully saturated rings. The van der Waals surface area contributed by atoms with Gasteiger partial charge in [-0.1, -0.05) is 212 Å². The molecule has 0 saturated carbocycles. The first-order valence-corrected chi connectivity index (χ1v) is 23.4. The predicted molar refractivity (Wildman–Crippen MR) is 284 cm³/mol. The molecule has 0 amide bonds. The molecule has 0 aliphatic heterocycles. The van der Waals surface area contributed by atoms with Crippen molar-refractivity contribution >= 4 is 59.3 Å². The third-order valence-corrected chi connectivity index (χ3v) is 14.1. The van der Waals surface area contributed by atoms with E-state index in [2.05, 4.69) is 266 Å². The van der Waals surface area contributed by atoms with E-state index < -0.39 is 0 Å². The zero-order valence-electron chi connectivity index (χ0n) is 36.2. The fourth-order valence-electron chi connectivity index (χ4n) is 9.67. The molecule has 0 radical (unpaired) electrons. The Kier molecular flexibility index (Phi) is 10.1. The van der Waals surface area contributed by atoms with Crippen LogP contribution in [0.4, 0.5) is 17.1 Å². The number of hydrogen-bond donors (Lipinski definition) is 0. The Morgan fingerprint density at radius 3 is 1.41 bits per heavy atom. The topological polar surface area (TPSA) is 3.24 Å². The third-order valence-electron chi connectivity index (χ3n) is 12.9. The van der Waals surface area contributed by atoms with E-state index in [1.165, 1.54) is 97.7 Å². The Morgan fingerprint density at radius 1 is 0.273 bits per heavy atom. The van der Waals surface area contributed by atoms with Crippen LogP contribution in [-0.4, -0.2) is 0 Å². The minimum Gasteiger partial charge on any atom is -0.310 e. The van der Waals surface area contributed by atoms with Crippen molar-refractivity contribution in [1.29, 1.82) is 0 Å². The van der Waals surface area contributed by atoms with Crippen molar-refractivity contribution in [2.24, 2.45) is 0 Å². The Balaban J connectivity index is 0.985. The summed E-state index contributed by atoms with van der Waals surface area (Å²) in [6, 6.07) is 95.1. The molecule has 0 saturated heterocycles. The summed E-state index contributed by atoms with van der Waals surface area (Å²) in [7, 11) is 0. The van der Waals surface area contributed by atoms with Crippen LogP contribution in [0, 0.1) is 0 Å². The van der Waals surface area contributed by atoms with Crippen molar-refractivity contribution in [2.75, 3.05) is 4.90 Å². The summed E-state index contributed by atoms with van der Waals surface area (Å²) in [5, 5.41) is 5.03. The van der Waals surface area contributed by atoms with Crippen LogP contribution in [0.1, 0.15) is 0 Å². The molecule has 12 rings (SSSR count). The molecule has 12 aromatic rings. The number of thiophene rings is 1. The van der Waals surface area contributed by atoms with Gasteiger partial charge in [-0.3, -0.25) is 0 Å². The van der Waals surface area contributed by atoms with Gasteiger partial charge in [0.2, 0.25) is 0 Å². The molecule has 0 bridgehead atoms. The second-order valence-corrected chi connectivity index (χ2v) is 17.9. The second-order valence-electron chi connectivity index (χ2n) is 16.8. The van der Waals surface area contributed by atoms with E-state index >= 15 is 0 Å². The molecule has 310 valence electrons. The molecule has 1 nitrogen and oxygen atoms in total. The van der Waals surface area contributed by atoms with Gasteiger partial charge in [-0.25, -0.2) is 0 Å². The predicted octanol–water partition coefficient (Wildman–Crippen LogP) is 18.7. The van der Waals surface area contributed by atoms with E-state index in [4.69, 9.17) is 0 Å². The summed E-state index contributed by atoms with van der Waals surface area (Å²) >= 11 is 1.88. The van der Waals surface area contributed by atoms with Gasteiger partial charge in [0.1, 0.15) is 0 Å². The van der Waals surface area contributed by atoms with Crippen LogP contribution in [0.2, 0.25) is 0 Å². The molecule has 66 heavy (non-hydrogen) atoms. The SMILES string of the molecule is c1ccc(-c2ccccc2-c2ccccc2-c2ccc(N(c3ccc(-c4cccc(-c5ccc6ccccc6c5)c4)cc3)c3ccc(-c4ccccc4)c4sc5ccccc5c34)cc2)cc1. The largest absolute Gasteiger partial charge is 0.310 e. The lowest BCUT2D eigenvalue weighted by Gasteiger charge is -2.27. The van der Waals surface area contributed by atoms with Crippen molar-refractivity contribution in [3.63, 3.8) is 0 Å². The summed E-state index contributed by atoms with van der Waals surface area (Å²) < 4.78 is 2.57. The Labute approximate surface area is 389 Å². The lowest BCUT2D eigenvalue weighted by Crippen LogP contribution is -2.10. The summed E-state index contributed by atoms with van der Waals surface area (Å²) in [4.78, 5) is 2.45. The Hall–Kier alpha value is -8.30. The first-order valence-electron chi connectivity index (χ1n) is 22.6. The minimum absolute atomic E-state index is 1.09. The molecular formula is C64H43NS. The van der Waals surface area contributed by atoms with Crippen LogP contribution >= 0.6 is 11.3 Å². The summed E-state index contributed by atoms with van der Waals surface area (Å²) in [6.45, 7) is 0. The monoisotopic (exact) mass is 857 g/mol. The molecule has 11 aromatic carbocycles. The maximum Gasteiger partial charge on any atom is 0.0555 e. The molecule has 0 aliphatic carbocycles. The fourth-order valence-corrected chi connectivity index (χ4v) is 10.9. The van der Waals surface area contributed by atoms with Crippen molar-refractivity contribution < 1.29 is 0 Å². The third kappa shape index (κ3) is 7.24. The lowest BCUT2D eigenvalue weighted by atomic mass is 9.89. The molecule has 0 unspecified atom stereocenters. The molecule has 0 atom stereocenters. The average molecular weight is 858 g/mol. The quantitative estimate of drug-likeness (QED) is 0.140. The standard InChI is InChI=1S/C64H43NS/c1-3-17-46(18-4-1)55-24-9-11-26-58(55)59-27-12-10-25-56(59)48-34-38-54(39-35-48)65(61-41-40-57(47-19-5-2-6-20-47)64-63(61)60-28-13-14-29-62(60)66-64)53-36-32-45(33-37-53)50-22-15-23-51(42-50)52-31-30-44-16-7-8-21-49(44)43-52/h1-43H. The normalized spacial score (nSPS) is 11.3. The maximum atomic E-state index is 2.45. The van der Waals surface area contributed by atoms with Crippen LogP contribution < -0.4 is 4.90 Å². The average Bonchev–Trinajstić information content (AvgIpc) is 3.80. The van der Waals surface area contributed by atoms with Crippen molar-refractivity contribution in [2.45, 2.75) is 0 Å². The number of fused-ring (bicyclic) bond motifs is 4. The molecule has 0 N–H and O–H groups in total. The van der Waals surface area contributed by atoms with Crippen LogP contribution in [0.15, 0.2) is 261 Å². The molecular weight excluding hydrogens is 815 g/mol. The zero-order chi connectivity index (χ0) is 43.8. The van der Waals surface area contributed by atoms with Crippen LogP contribution in [0.3, 0.4) is 0 Å². The van der Waals surface area contributed by atoms with Gasteiger partial charge >= 0.3 is 0 Å². The van der Waals surface area contributed by atoms with Gasteiger partial charge < -0.3 is 4.90 Å². The minimum atomic E-state index is 1.09. The Bertz CT molecular complexity index is 3680. The highest BCUT2D eigenvalue weighted by molar-refractivity contribution is 7.26. The second kappa shape index (κ2) is 17.0. The Morgan fingerprint density at radius 2 is 0.742 bits per heavy atom. The molecule has 2 heteroatoms. The number of anilines is 3. The summed E-state index contributed by atoms with van der Waals surface area (Å²) in [6.07, 6.45) is 0. The van der Waals surface area contributed by atoms with Gasteiger partial charge in [0.25, 0.3) is 0 Å². The first kappa shape index (κ1) is 39.3. The van der Waals surface area contributed by atoms with E-state index in [0.717, 1.165) is 17.1 Å². The van der Waals surface area contributed by atoms with E-state index in [1.54, 1.807) is 0 Å². The van der Waals surface area contributed by atoms with Crippen molar-refractivity contribution in [1.82, 2.24) is 0 Å². The lowest BCUT2D eigenvalue weighted by molar-refractivity contribution is 1.30. The first-order chi connectivity index (χ1) is 32.7. The zero-order valence-corrected chi connectivity index (χ0v) is 37.0. The van der Waals surface area contributed by atoms with E-state index in [-0.39, 0.29) is 0 Å². The summed E-state index contributed by atoms with van der Waals surface area (Å²) in [5.74, 6) is 0. The number of hydrogen-bond acceptors (Lipinski definition) is 2. The molecule has 0 aliphatic rings. The fraction of sp³-hybridized carbons (Fsp3) is 0.